The Labute approximate surface area is 183 Å². The Morgan fingerprint density at radius 1 is 0.800 bits per heavy atom. The summed E-state index contributed by atoms with van der Waals surface area (Å²) in [5.74, 6) is 0.485. The van der Waals surface area contributed by atoms with Gasteiger partial charge in [0.1, 0.15) is 5.75 Å². The molecular formula is C21H26Cl2OZr. The molecule has 0 aromatic heterocycles. The van der Waals surface area contributed by atoms with Gasteiger partial charge in [-0.2, -0.15) is 0 Å². The maximum absolute atomic E-state index is 10.7. The summed E-state index contributed by atoms with van der Waals surface area (Å²) in [5, 5.41) is 10.7. The number of halogens is 2. The molecule has 0 aliphatic heterocycles. The van der Waals surface area contributed by atoms with Crippen LogP contribution in [-0.2, 0) is 43.5 Å². The minimum absolute atomic E-state index is 0. The molecule has 0 amide bonds. The van der Waals surface area contributed by atoms with Gasteiger partial charge >= 0.3 is 26.2 Å². The van der Waals surface area contributed by atoms with Gasteiger partial charge in [-0.15, -0.1) is 0 Å². The van der Waals surface area contributed by atoms with Crippen LogP contribution in [0.3, 0.4) is 0 Å². The van der Waals surface area contributed by atoms with Gasteiger partial charge in [-0.1, -0.05) is 71.9 Å². The fraction of sp³-hybridized carbons (Fsp3) is 0.429. The van der Waals surface area contributed by atoms with Gasteiger partial charge < -0.3 is 29.9 Å². The predicted molar refractivity (Wildman–Crippen MR) is 93.7 cm³/mol. The number of phenolic OH excluding ortho intramolecular Hbond substituents is 1. The standard InChI is InChI=1S/C21H26O.2ClH.Zr/c1-20(2,3)14-7-8-15-13(11-14)12-17-16(15)9-10-18(19(17)22)21(4,5)6;;;/h7-11,22H,12H2,1-6H3;2*1H;/q;;;+2/p-2. The van der Waals surface area contributed by atoms with E-state index in [1.165, 1.54) is 22.3 Å². The fourth-order valence-corrected chi connectivity index (χ4v) is 3.33. The van der Waals surface area contributed by atoms with Crippen molar-refractivity contribution in [2.24, 2.45) is 0 Å². The third-order valence-electron chi connectivity index (χ3n) is 4.72. The number of hydrogen-bond acceptors (Lipinski definition) is 1. The van der Waals surface area contributed by atoms with E-state index in [0.29, 0.717) is 5.75 Å². The van der Waals surface area contributed by atoms with E-state index >= 15 is 0 Å². The van der Waals surface area contributed by atoms with Gasteiger partial charge in [0.15, 0.2) is 0 Å². The molecule has 0 unspecified atom stereocenters. The summed E-state index contributed by atoms with van der Waals surface area (Å²) >= 11 is 0. The molecular weight excluding hydrogens is 430 g/mol. The van der Waals surface area contributed by atoms with Gasteiger partial charge in [0, 0.05) is 12.0 Å². The largest absolute Gasteiger partial charge is 2.00 e. The Kier molecular flexibility index (Phi) is 8.06. The molecule has 0 fully saturated rings. The fourth-order valence-electron chi connectivity index (χ4n) is 3.33. The second-order valence-corrected chi connectivity index (χ2v) is 8.54. The third kappa shape index (κ3) is 4.52. The summed E-state index contributed by atoms with van der Waals surface area (Å²) in [6.45, 7) is 13.2. The summed E-state index contributed by atoms with van der Waals surface area (Å²) in [4.78, 5) is 0. The van der Waals surface area contributed by atoms with Crippen LogP contribution in [0.5, 0.6) is 5.75 Å². The Hall–Kier alpha value is -0.297. The van der Waals surface area contributed by atoms with E-state index in [0.717, 1.165) is 17.5 Å². The average Bonchev–Trinajstić information content (AvgIpc) is 2.75. The van der Waals surface area contributed by atoms with Crippen molar-refractivity contribution in [3.63, 3.8) is 0 Å². The number of benzene rings is 2. The molecule has 2 aromatic carbocycles. The van der Waals surface area contributed by atoms with Gasteiger partial charge in [-0.3, -0.25) is 0 Å². The van der Waals surface area contributed by atoms with Crippen LogP contribution < -0.4 is 24.8 Å². The maximum atomic E-state index is 10.7. The number of phenols is 1. The average molecular weight is 457 g/mol. The Bertz CT molecular complexity index is 756. The molecule has 0 spiro atoms. The van der Waals surface area contributed by atoms with E-state index in [4.69, 9.17) is 0 Å². The van der Waals surface area contributed by atoms with Crippen molar-refractivity contribution >= 4 is 0 Å². The van der Waals surface area contributed by atoms with Crippen LogP contribution in [0.15, 0.2) is 30.3 Å². The molecule has 25 heavy (non-hydrogen) atoms. The molecule has 0 radical (unpaired) electrons. The molecule has 0 atom stereocenters. The smallest absolute Gasteiger partial charge is 1.00 e. The first-order valence-electron chi connectivity index (χ1n) is 8.08. The van der Waals surface area contributed by atoms with Crippen molar-refractivity contribution in [2.45, 2.75) is 58.8 Å². The van der Waals surface area contributed by atoms with Gasteiger partial charge in [0.25, 0.3) is 0 Å². The number of rotatable bonds is 0. The van der Waals surface area contributed by atoms with E-state index in [-0.39, 0.29) is 61.8 Å². The molecule has 4 heteroatoms. The quantitative estimate of drug-likeness (QED) is 0.487. The van der Waals surface area contributed by atoms with E-state index in [1.807, 2.05) is 0 Å². The molecule has 0 bridgehead atoms. The normalized spacial score (nSPS) is 12.2. The molecule has 1 aliphatic carbocycles. The van der Waals surface area contributed by atoms with Crippen LogP contribution in [0.1, 0.15) is 63.8 Å². The summed E-state index contributed by atoms with van der Waals surface area (Å²) in [7, 11) is 0. The van der Waals surface area contributed by atoms with Crippen LogP contribution >= 0.6 is 0 Å². The van der Waals surface area contributed by atoms with Crippen LogP contribution in [0.25, 0.3) is 11.1 Å². The zero-order valence-corrected chi connectivity index (χ0v) is 19.8. The van der Waals surface area contributed by atoms with Gasteiger partial charge in [0.2, 0.25) is 0 Å². The number of aromatic hydroxyl groups is 1. The van der Waals surface area contributed by atoms with E-state index in [1.54, 1.807) is 0 Å². The molecule has 0 saturated carbocycles. The number of fused-ring (bicyclic) bond motifs is 3. The molecule has 1 nitrogen and oxygen atoms in total. The second-order valence-electron chi connectivity index (χ2n) is 8.54. The third-order valence-corrected chi connectivity index (χ3v) is 4.72. The summed E-state index contributed by atoms with van der Waals surface area (Å²) in [6, 6.07) is 11.0. The Balaban J connectivity index is 0.00000192. The molecule has 0 heterocycles. The van der Waals surface area contributed by atoms with Crippen molar-refractivity contribution in [2.75, 3.05) is 0 Å². The molecule has 2 aromatic rings. The molecule has 1 N–H and O–H groups in total. The molecule has 3 rings (SSSR count). The van der Waals surface area contributed by atoms with Crippen molar-refractivity contribution in [3.05, 3.63) is 52.6 Å². The maximum Gasteiger partial charge on any atom is 2.00 e. The van der Waals surface area contributed by atoms with Crippen molar-refractivity contribution in [1.29, 1.82) is 0 Å². The van der Waals surface area contributed by atoms with Crippen LogP contribution in [-0.4, -0.2) is 5.11 Å². The van der Waals surface area contributed by atoms with Gasteiger partial charge in [-0.05, 0) is 38.6 Å². The van der Waals surface area contributed by atoms with E-state index in [2.05, 4.69) is 71.9 Å². The van der Waals surface area contributed by atoms with Crippen molar-refractivity contribution in [1.82, 2.24) is 0 Å². The van der Waals surface area contributed by atoms with E-state index in [9.17, 15) is 5.11 Å². The minimum atomic E-state index is -0.0372. The van der Waals surface area contributed by atoms with E-state index < -0.39 is 0 Å². The van der Waals surface area contributed by atoms with Crippen molar-refractivity contribution in [3.8, 4) is 16.9 Å². The van der Waals surface area contributed by atoms with Crippen LogP contribution in [0, 0.1) is 0 Å². The van der Waals surface area contributed by atoms with Gasteiger partial charge in [-0.25, -0.2) is 0 Å². The monoisotopic (exact) mass is 454 g/mol. The first-order valence-corrected chi connectivity index (χ1v) is 8.08. The topological polar surface area (TPSA) is 20.2 Å². The van der Waals surface area contributed by atoms with Crippen molar-refractivity contribution < 1.29 is 56.1 Å². The number of hydrogen-bond donors (Lipinski definition) is 1. The molecule has 134 valence electrons. The summed E-state index contributed by atoms with van der Waals surface area (Å²) in [6.07, 6.45) is 0.838. The summed E-state index contributed by atoms with van der Waals surface area (Å²) < 4.78 is 0. The summed E-state index contributed by atoms with van der Waals surface area (Å²) in [5.41, 5.74) is 7.41. The second kappa shape index (κ2) is 8.16. The molecule has 0 saturated heterocycles. The minimum Gasteiger partial charge on any atom is -1.00 e. The van der Waals surface area contributed by atoms with Crippen LogP contribution in [0.4, 0.5) is 0 Å². The van der Waals surface area contributed by atoms with Gasteiger partial charge in [0.05, 0.1) is 0 Å². The predicted octanol–water partition coefficient (Wildman–Crippen LogP) is -0.436. The molecule has 1 aliphatic rings. The Morgan fingerprint density at radius 3 is 1.88 bits per heavy atom. The first-order chi connectivity index (χ1) is 10.1. The van der Waals surface area contributed by atoms with Crippen LogP contribution in [0.2, 0.25) is 0 Å². The zero-order chi connectivity index (χ0) is 16.3. The Morgan fingerprint density at radius 2 is 1.36 bits per heavy atom. The zero-order valence-electron chi connectivity index (χ0n) is 15.8. The first kappa shape index (κ1) is 24.7. The SMILES string of the molecule is CC(C)(C)c1ccc2c(c1)Cc1c-2ccc(C(C)(C)C)c1O.[Cl-].[Cl-].[Zr+2].